The molecule has 2 aliphatic rings. The second kappa shape index (κ2) is 4.35. The minimum Gasteiger partial charge on any atom is -0.294 e. The molecule has 0 aromatic carbocycles. The zero-order valence-electron chi connectivity index (χ0n) is 11.2. The van der Waals surface area contributed by atoms with Crippen LogP contribution >= 0.6 is 0 Å². The number of unbranched alkanes of at least 4 members (excludes halogenated alkanes) is 1. The van der Waals surface area contributed by atoms with E-state index in [1.165, 1.54) is 0 Å². The molecule has 0 aromatic rings. The van der Waals surface area contributed by atoms with Crippen LogP contribution in [0.1, 0.15) is 39.5 Å². The second-order valence-electron chi connectivity index (χ2n) is 5.41. The molecule has 1 saturated heterocycles. The maximum absolute atomic E-state index is 11.9. The predicted molar refractivity (Wildman–Crippen MR) is 66.0 cm³/mol. The highest BCUT2D eigenvalue weighted by Gasteiger charge is 2.91. The molecular formula is C14H17N3O2. The Morgan fingerprint density at radius 3 is 2.11 bits per heavy atom. The lowest BCUT2D eigenvalue weighted by Crippen LogP contribution is -2.34. The third kappa shape index (κ3) is 1.33. The van der Waals surface area contributed by atoms with Gasteiger partial charge >= 0.3 is 0 Å². The largest absolute Gasteiger partial charge is 0.294 e. The summed E-state index contributed by atoms with van der Waals surface area (Å²) in [7, 11) is 0. The Morgan fingerprint density at radius 2 is 1.74 bits per heavy atom. The first kappa shape index (κ1) is 13.5. The average Bonchev–Trinajstić information content (AvgIpc) is 2.97. The summed E-state index contributed by atoms with van der Waals surface area (Å²) in [5.74, 6) is -1.52. The molecule has 1 N–H and O–H groups in total. The molecule has 1 saturated carbocycles. The maximum atomic E-state index is 11.9. The highest BCUT2D eigenvalue weighted by Crippen LogP contribution is 2.75. The standard InChI is InChI=1S/C14H17N3O2/c1-3-5-6-9(4-2)10-13(7-15)11(18)17-12(19)14(10,13)8-16/h9-10H,3-6H2,1-2H3,(H,17,18,19)/t9-,10?,13-,14+/m0/s1. The Kier molecular flexibility index (Phi) is 3.10. The molecule has 1 aliphatic carbocycles. The topological polar surface area (TPSA) is 93.8 Å². The molecule has 1 aliphatic heterocycles. The van der Waals surface area contributed by atoms with Gasteiger partial charge in [-0.2, -0.15) is 10.5 Å². The third-order valence-corrected chi connectivity index (χ3v) is 4.69. The van der Waals surface area contributed by atoms with Gasteiger partial charge in [0.2, 0.25) is 11.8 Å². The molecule has 0 radical (unpaired) electrons. The van der Waals surface area contributed by atoms with E-state index >= 15 is 0 Å². The van der Waals surface area contributed by atoms with E-state index in [9.17, 15) is 20.1 Å². The van der Waals surface area contributed by atoms with Crippen LogP contribution in [0.25, 0.3) is 0 Å². The van der Waals surface area contributed by atoms with Crippen molar-refractivity contribution in [3.63, 3.8) is 0 Å². The Bertz CT molecular complexity index is 478. The van der Waals surface area contributed by atoms with Crippen LogP contribution in [0.2, 0.25) is 0 Å². The first-order chi connectivity index (χ1) is 9.06. The summed E-state index contributed by atoms with van der Waals surface area (Å²) in [6.45, 7) is 4.05. The van der Waals surface area contributed by atoms with Crippen LogP contribution < -0.4 is 5.32 Å². The fraction of sp³-hybridized carbons (Fsp3) is 0.714. The van der Waals surface area contributed by atoms with Gasteiger partial charge in [0.1, 0.15) is 0 Å². The molecule has 0 aromatic heterocycles. The number of nitrogens with zero attached hydrogens (tertiary/aromatic N) is 2. The molecule has 2 amide bonds. The Hall–Kier alpha value is -1.88. The van der Waals surface area contributed by atoms with Crippen LogP contribution in [0.15, 0.2) is 0 Å². The van der Waals surface area contributed by atoms with Crippen molar-refractivity contribution in [2.24, 2.45) is 22.7 Å². The number of carbonyl (C=O) groups excluding carboxylic acids is 2. The number of carbonyl (C=O) groups is 2. The summed E-state index contributed by atoms with van der Waals surface area (Å²) in [6.07, 6.45) is 3.62. The van der Waals surface area contributed by atoms with E-state index in [1.54, 1.807) is 0 Å². The highest BCUT2D eigenvalue weighted by atomic mass is 16.2. The van der Waals surface area contributed by atoms with E-state index in [1.807, 2.05) is 19.1 Å². The van der Waals surface area contributed by atoms with Gasteiger partial charge in [-0.05, 0) is 5.92 Å². The first-order valence-corrected chi connectivity index (χ1v) is 6.75. The minimum absolute atomic E-state index is 0.0780. The summed E-state index contributed by atoms with van der Waals surface area (Å²) in [6, 6.07) is 3.94. The molecule has 0 spiro atoms. The number of piperidine rings is 1. The molecule has 1 unspecified atom stereocenters. The smallest absolute Gasteiger partial charge is 0.249 e. The number of nitriles is 2. The number of amides is 2. The van der Waals surface area contributed by atoms with Crippen molar-refractivity contribution in [2.45, 2.75) is 39.5 Å². The van der Waals surface area contributed by atoms with Gasteiger partial charge in [-0.15, -0.1) is 0 Å². The SMILES string of the molecule is CCCC[C@H](CC)C1[C@]2(C#N)C(=O)NC(=O)[C@]12C#N. The average molecular weight is 259 g/mol. The summed E-state index contributed by atoms with van der Waals surface area (Å²) in [5, 5.41) is 20.9. The van der Waals surface area contributed by atoms with Crippen molar-refractivity contribution in [1.29, 1.82) is 10.5 Å². The van der Waals surface area contributed by atoms with Crippen LogP contribution in [0.4, 0.5) is 0 Å². The lowest BCUT2D eigenvalue weighted by molar-refractivity contribution is -0.129. The van der Waals surface area contributed by atoms with E-state index < -0.39 is 28.6 Å². The number of hydrogen-bond acceptors (Lipinski definition) is 4. The zero-order chi connectivity index (χ0) is 14.3. The van der Waals surface area contributed by atoms with E-state index in [2.05, 4.69) is 12.2 Å². The van der Waals surface area contributed by atoms with Crippen LogP contribution in [-0.4, -0.2) is 11.8 Å². The van der Waals surface area contributed by atoms with Gasteiger partial charge in [-0.3, -0.25) is 14.9 Å². The second-order valence-corrected chi connectivity index (χ2v) is 5.41. The number of nitrogens with one attached hydrogen (secondary N) is 1. The van der Waals surface area contributed by atoms with Gasteiger partial charge in [0.05, 0.1) is 12.1 Å². The molecule has 4 atom stereocenters. The van der Waals surface area contributed by atoms with Crippen molar-refractivity contribution >= 4 is 11.8 Å². The lowest BCUT2D eigenvalue weighted by Gasteiger charge is -2.17. The Morgan fingerprint density at radius 1 is 1.21 bits per heavy atom. The molecule has 100 valence electrons. The van der Waals surface area contributed by atoms with E-state index in [4.69, 9.17) is 0 Å². The van der Waals surface area contributed by atoms with E-state index in [-0.39, 0.29) is 5.92 Å². The van der Waals surface area contributed by atoms with E-state index in [0.29, 0.717) is 0 Å². The monoisotopic (exact) mass is 259 g/mol. The van der Waals surface area contributed by atoms with E-state index in [0.717, 1.165) is 25.7 Å². The summed E-state index contributed by atoms with van der Waals surface area (Å²) >= 11 is 0. The number of hydrogen-bond donors (Lipinski definition) is 1. The number of fused-ring (bicyclic) bond motifs is 1. The number of rotatable bonds is 5. The highest BCUT2D eigenvalue weighted by molar-refractivity contribution is 6.18. The van der Waals surface area contributed by atoms with Crippen LogP contribution in [0.3, 0.4) is 0 Å². The van der Waals surface area contributed by atoms with Gasteiger partial charge in [0, 0.05) is 5.92 Å². The van der Waals surface area contributed by atoms with Crippen LogP contribution in [0, 0.1) is 45.3 Å². The molecule has 2 fully saturated rings. The lowest BCUT2D eigenvalue weighted by atomic mass is 9.87. The molecule has 5 heteroatoms. The van der Waals surface area contributed by atoms with Gasteiger partial charge in [0.25, 0.3) is 0 Å². The molecule has 2 rings (SSSR count). The zero-order valence-corrected chi connectivity index (χ0v) is 11.2. The Labute approximate surface area is 112 Å². The summed E-state index contributed by atoms with van der Waals surface area (Å²) in [5.41, 5.74) is -2.87. The molecule has 1 heterocycles. The third-order valence-electron chi connectivity index (χ3n) is 4.69. The molecular weight excluding hydrogens is 242 g/mol. The minimum atomic E-state index is -1.44. The predicted octanol–water partition coefficient (Wildman–Crippen LogP) is 1.51. The Balaban J connectivity index is 2.39. The fourth-order valence-corrected chi connectivity index (χ4v) is 3.64. The van der Waals surface area contributed by atoms with Gasteiger partial charge in [0.15, 0.2) is 10.8 Å². The quantitative estimate of drug-likeness (QED) is 0.757. The maximum Gasteiger partial charge on any atom is 0.249 e. The van der Waals surface area contributed by atoms with Crippen molar-refractivity contribution in [1.82, 2.24) is 5.32 Å². The van der Waals surface area contributed by atoms with Crippen LogP contribution in [0.5, 0.6) is 0 Å². The summed E-state index contributed by atoms with van der Waals surface area (Å²) in [4.78, 5) is 23.9. The fourth-order valence-electron chi connectivity index (χ4n) is 3.64. The first-order valence-electron chi connectivity index (χ1n) is 6.75. The summed E-state index contributed by atoms with van der Waals surface area (Å²) < 4.78 is 0. The molecule has 0 bridgehead atoms. The van der Waals surface area contributed by atoms with Gasteiger partial charge < -0.3 is 0 Å². The normalized spacial score (nSPS) is 36.9. The van der Waals surface area contributed by atoms with Gasteiger partial charge in [-0.1, -0.05) is 39.5 Å². The molecule has 19 heavy (non-hydrogen) atoms. The molecule has 5 nitrogen and oxygen atoms in total. The number of imide groups is 1. The van der Waals surface area contributed by atoms with Crippen LogP contribution in [-0.2, 0) is 9.59 Å². The van der Waals surface area contributed by atoms with Crippen molar-refractivity contribution in [3.05, 3.63) is 0 Å². The van der Waals surface area contributed by atoms with Crippen molar-refractivity contribution in [3.8, 4) is 12.1 Å². The van der Waals surface area contributed by atoms with Gasteiger partial charge in [-0.25, -0.2) is 0 Å². The van der Waals surface area contributed by atoms with Crippen molar-refractivity contribution < 1.29 is 9.59 Å². The van der Waals surface area contributed by atoms with Crippen molar-refractivity contribution in [2.75, 3.05) is 0 Å².